The first-order valence-corrected chi connectivity index (χ1v) is 5.43. The highest BCUT2D eigenvalue weighted by molar-refractivity contribution is 5.92. The zero-order valence-corrected chi connectivity index (χ0v) is 9.73. The van der Waals surface area contributed by atoms with Crippen LogP contribution in [0.4, 0.5) is 0 Å². The summed E-state index contributed by atoms with van der Waals surface area (Å²) in [5.41, 5.74) is 5.51. The van der Waals surface area contributed by atoms with Gasteiger partial charge in [-0.25, -0.2) is 0 Å². The molecule has 0 spiro atoms. The molecule has 17 heavy (non-hydrogen) atoms. The molecular formula is C12H16N2O3. The van der Waals surface area contributed by atoms with E-state index >= 15 is 0 Å². The van der Waals surface area contributed by atoms with Crippen LogP contribution in [0, 0.1) is 0 Å². The van der Waals surface area contributed by atoms with Crippen molar-refractivity contribution < 1.29 is 14.3 Å². The maximum Gasteiger partial charge on any atom is 0.257 e. The Morgan fingerprint density at radius 2 is 1.94 bits per heavy atom. The van der Waals surface area contributed by atoms with Gasteiger partial charge < -0.3 is 15.8 Å². The van der Waals surface area contributed by atoms with Gasteiger partial charge in [0.1, 0.15) is 5.75 Å². The molecule has 0 aliphatic heterocycles. The molecule has 0 saturated carbocycles. The Morgan fingerprint density at radius 1 is 1.29 bits per heavy atom. The summed E-state index contributed by atoms with van der Waals surface area (Å²) >= 11 is 0. The lowest BCUT2D eigenvalue weighted by Crippen LogP contribution is -2.29. The van der Waals surface area contributed by atoms with Crippen molar-refractivity contribution in [3.8, 4) is 5.75 Å². The van der Waals surface area contributed by atoms with Gasteiger partial charge in [0, 0.05) is 12.1 Å². The minimum absolute atomic E-state index is 0.0318. The second-order valence-electron chi connectivity index (χ2n) is 3.53. The highest BCUT2D eigenvalue weighted by atomic mass is 16.5. The van der Waals surface area contributed by atoms with Gasteiger partial charge in [-0.3, -0.25) is 9.59 Å². The molecule has 5 nitrogen and oxygen atoms in total. The van der Waals surface area contributed by atoms with Gasteiger partial charge in [-0.2, -0.15) is 0 Å². The zero-order chi connectivity index (χ0) is 12.7. The molecule has 0 aliphatic rings. The van der Waals surface area contributed by atoms with Crippen molar-refractivity contribution in [3.63, 3.8) is 0 Å². The van der Waals surface area contributed by atoms with Crippen molar-refractivity contribution in [2.45, 2.75) is 13.3 Å². The van der Waals surface area contributed by atoms with E-state index in [0.717, 1.165) is 6.42 Å². The monoisotopic (exact) mass is 236 g/mol. The minimum atomic E-state index is -0.489. The maximum absolute atomic E-state index is 11.2. The van der Waals surface area contributed by atoms with Crippen LogP contribution in [0.25, 0.3) is 0 Å². The van der Waals surface area contributed by atoms with E-state index in [1.807, 2.05) is 6.92 Å². The highest BCUT2D eigenvalue weighted by Crippen LogP contribution is 2.11. The molecule has 0 atom stereocenters. The van der Waals surface area contributed by atoms with Gasteiger partial charge in [0.2, 0.25) is 5.91 Å². The smallest absolute Gasteiger partial charge is 0.257 e. The Labute approximate surface area is 99.9 Å². The van der Waals surface area contributed by atoms with E-state index in [9.17, 15) is 9.59 Å². The summed E-state index contributed by atoms with van der Waals surface area (Å²) in [5, 5.41) is 2.69. The lowest BCUT2D eigenvalue weighted by molar-refractivity contribution is -0.123. The van der Waals surface area contributed by atoms with Gasteiger partial charge >= 0.3 is 0 Å². The van der Waals surface area contributed by atoms with Crippen LogP contribution in [0.5, 0.6) is 5.75 Å². The van der Waals surface area contributed by atoms with Gasteiger partial charge in [-0.15, -0.1) is 0 Å². The Bertz CT molecular complexity index is 387. The fourth-order valence-corrected chi connectivity index (χ4v) is 1.18. The van der Waals surface area contributed by atoms with Crippen LogP contribution < -0.4 is 15.8 Å². The Morgan fingerprint density at radius 3 is 2.47 bits per heavy atom. The van der Waals surface area contributed by atoms with E-state index in [4.69, 9.17) is 10.5 Å². The number of nitrogens with one attached hydrogen (secondary N) is 1. The molecule has 1 aromatic rings. The standard InChI is InChI=1S/C12H16N2O3/c1-2-7-14-11(15)8-17-10-5-3-9(4-6-10)12(13)16/h3-6H,2,7-8H2,1H3,(H2,13,16)(H,14,15). The Balaban J connectivity index is 2.42. The van der Waals surface area contributed by atoms with Gasteiger partial charge in [0.15, 0.2) is 6.61 Å². The van der Waals surface area contributed by atoms with E-state index in [0.29, 0.717) is 17.9 Å². The molecule has 0 bridgehead atoms. The van der Waals surface area contributed by atoms with Crippen molar-refractivity contribution >= 4 is 11.8 Å². The lowest BCUT2D eigenvalue weighted by Gasteiger charge is -2.06. The molecule has 0 aliphatic carbocycles. The van der Waals surface area contributed by atoms with E-state index in [-0.39, 0.29) is 12.5 Å². The van der Waals surface area contributed by atoms with E-state index in [1.165, 1.54) is 0 Å². The predicted molar refractivity (Wildman–Crippen MR) is 63.8 cm³/mol. The molecule has 0 unspecified atom stereocenters. The SMILES string of the molecule is CCCNC(=O)COc1ccc(C(N)=O)cc1. The number of hydrogen-bond donors (Lipinski definition) is 2. The summed E-state index contributed by atoms with van der Waals surface area (Å²) in [6.07, 6.45) is 0.888. The second kappa shape index (κ2) is 6.52. The van der Waals surface area contributed by atoms with Crippen LogP contribution >= 0.6 is 0 Å². The quantitative estimate of drug-likeness (QED) is 0.762. The summed E-state index contributed by atoms with van der Waals surface area (Å²) < 4.78 is 5.24. The Hall–Kier alpha value is -2.04. The second-order valence-corrected chi connectivity index (χ2v) is 3.53. The van der Waals surface area contributed by atoms with Crippen LogP contribution in [-0.2, 0) is 4.79 Å². The third-order valence-electron chi connectivity index (χ3n) is 2.08. The van der Waals surface area contributed by atoms with Gasteiger partial charge in [0.05, 0.1) is 0 Å². The third kappa shape index (κ3) is 4.55. The van der Waals surface area contributed by atoms with Crippen LogP contribution in [0.15, 0.2) is 24.3 Å². The first-order valence-electron chi connectivity index (χ1n) is 5.43. The van der Waals surface area contributed by atoms with E-state index in [2.05, 4.69) is 5.32 Å². The molecular weight excluding hydrogens is 220 g/mol. The van der Waals surface area contributed by atoms with Crippen molar-refractivity contribution in [1.29, 1.82) is 0 Å². The number of benzene rings is 1. The van der Waals surface area contributed by atoms with Crippen molar-refractivity contribution in [2.24, 2.45) is 5.73 Å². The molecule has 3 N–H and O–H groups in total. The number of carbonyl (C=O) groups is 2. The molecule has 5 heteroatoms. The number of nitrogens with two attached hydrogens (primary N) is 1. The summed E-state index contributed by atoms with van der Waals surface area (Å²) in [5.74, 6) is -0.121. The number of rotatable bonds is 6. The number of hydrogen-bond acceptors (Lipinski definition) is 3. The van der Waals surface area contributed by atoms with Gasteiger partial charge in [-0.1, -0.05) is 6.92 Å². The molecule has 1 rings (SSSR count). The normalized spacial score (nSPS) is 9.71. The maximum atomic E-state index is 11.2. The first-order chi connectivity index (χ1) is 8.13. The van der Waals surface area contributed by atoms with E-state index in [1.54, 1.807) is 24.3 Å². The molecule has 0 fully saturated rings. The van der Waals surface area contributed by atoms with Crippen molar-refractivity contribution in [2.75, 3.05) is 13.2 Å². The van der Waals surface area contributed by atoms with Gasteiger partial charge in [-0.05, 0) is 30.7 Å². The fourth-order valence-electron chi connectivity index (χ4n) is 1.18. The lowest BCUT2D eigenvalue weighted by atomic mass is 10.2. The number of ether oxygens (including phenoxy) is 1. The Kier molecular flexibility index (Phi) is 5.00. The van der Waals surface area contributed by atoms with Gasteiger partial charge in [0.25, 0.3) is 5.91 Å². The van der Waals surface area contributed by atoms with E-state index < -0.39 is 5.91 Å². The molecule has 1 aromatic carbocycles. The van der Waals surface area contributed by atoms with Crippen LogP contribution in [0.3, 0.4) is 0 Å². The number of carbonyl (C=O) groups excluding carboxylic acids is 2. The van der Waals surface area contributed by atoms with Crippen molar-refractivity contribution in [1.82, 2.24) is 5.32 Å². The topological polar surface area (TPSA) is 81.4 Å². The first kappa shape index (κ1) is 13.0. The number of primary amides is 1. The number of amides is 2. The molecule has 0 radical (unpaired) electrons. The van der Waals surface area contributed by atoms with Crippen LogP contribution in [0.2, 0.25) is 0 Å². The summed E-state index contributed by atoms with van der Waals surface area (Å²) in [6, 6.07) is 6.32. The van der Waals surface area contributed by atoms with Crippen LogP contribution in [-0.4, -0.2) is 25.0 Å². The molecule has 2 amide bonds. The predicted octanol–water partition coefficient (Wildman–Crippen LogP) is 0.690. The molecule has 0 aromatic heterocycles. The highest BCUT2D eigenvalue weighted by Gasteiger charge is 2.03. The van der Waals surface area contributed by atoms with Crippen LogP contribution in [0.1, 0.15) is 23.7 Å². The van der Waals surface area contributed by atoms with Crippen molar-refractivity contribution in [3.05, 3.63) is 29.8 Å². The zero-order valence-electron chi connectivity index (χ0n) is 9.73. The average molecular weight is 236 g/mol. The molecule has 0 saturated heterocycles. The molecule has 92 valence electrons. The minimum Gasteiger partial charge on any atom is -0.484 e. The largest absolute Gasteiger partial charge is 0.484 e. The fraction of sp³-hybridized carbons (Fsp3) is 0.333. The summed E-state index contributed by atoms with van der Waals surface area (Å²) in [4.78, 5) is 22.1. The summed E-state index contributed by atoms with van der Waals surface area (Å²) in [7, 11) is 0. The summed E-state index contributed by atoms with van der Waals surface area (Å²) in [6.45, 7) is 2.59. The third-order valence-corrected chi connectivity index (χ3v) is 2.08. The molecule has 0 heterocycles. The average Bonchev–Trinajstić information content (AvgIpc) is 2.34.